The number of hydrogen-bond acceptors (Lipinski definition) is 13. The number of carboxylic acids is 1. The molecule has 2 aromatic carbocycles. The second-order valence-corrected chi connectivity index (χ2v) is 16.8. The van der Waals surface area contributed by atoms with Gasteiger partial charge in [-0.3, -0.25) is 42.9 Å². The fraction of sp³-hybridized carbons (Fsp3) is 0.421. The second-order valence-electron chi connectivity index (χ2n) is 13.8. The van der Waals surface area contributed by atoms with E-state index in [0.29, 0.717) is 22.6 Å². The SMILES string of the molecule is CSCCC(NC(=O)C(Cc1c[nH]c2ccccc12)NC(=O)CNC(=O)C(CCSC)NC(=O)C(Cc1ccc(OS(=O)(=O)O)cc1)NC(=O)C(CC(=O)O)NC(C)=O)C(N)=O. The van der Waals surface area contributed by atoms with E-state index in [1.165, 1.54) is 35.7 Å². The molecule has 5 unspecified atom stereocenters. The van der Waals surface area contributed by atoms with Crippen LogP contribution in [-0.4, -0.2) is 131 Å². The third kappa shape index (κ3) is 17.3. The molecule has 0 fully saturated rings. The molecule has 0 aliphatic heterocycles. The molecule has 62 heavy (non-hydrogen) atoms. The number of nitrogens with one attached hydrogen (secondary N) is 7. The van der Waals surface area contributed by atoms with Gasteiger partial charge in [0.05, 0.1) is 13.0 Å². The van der Waals surface area contributed by atoms with Gasteiger partial charge in [0.1, 0.15) is 36.0 Å². The Kier molecular flexibility index (Phi) is 20.0. The molecule has 0 saturated heterocycles. The van der Waals surface area contributed by atoms with Crippen molar-refractivity contribution in [2.24, 2.45) is 5.73 Å². The first-order chi connectivity index (χ1) is 29.3. The molecule has 21 nitrogen and oxygen atoms in total. The van der Waals surface area contributed by atoms with Gasteiger partial charge in [-0.25, -0.2) is 0 Å². The summed E-state index contributed by atoms with van der Waals surface area (Å²) in [7, 11) is -4.85. The molecule has 3 rings (SSSR count). The van der Waals surface area contributed by atoms with Crippen molar-refractivity contribution in [2.45, 2.75) is 69.2 Å². The quantitative estimate of drug-likeness (QED) is 0.0439. The number of benzene rings is 2. The Morgan fingerprint density at radius 2 is 1.31 bits per heavy atom. The first-order valence-electron chi connectivity index (χ1n) is 18.8. The van der Waals surface area contributed by atoms with E-state index in [9.17, 15) is 51.9 Å². The summed E-state index contributed by atoms with van der Waals surface area (Å²) in [5.41, 5.74) is 7.32. The topological polar surface area (TPSA) is 334 Å². The molecule has 1 heterocycles. The summed E-state index contributed by atoms with van der Waals surface area (Å²) in [4.78, 5) is 106. The molecule has 0 spiro atoms. The zero-order valence-corrected chi connectivity index (χ0v) is 36.4. The number of H-pyrrole nitrogens is 1. The van der Waals surface area contributed by atoms with E-state index in [1.54, 1.807) is 18.5 Å². The van der Waals surface area contributed by atoms with Crippen molar-refractivity contribution in [1.82, 2.24) is 36.9 Å². The number of thioether (sulfide) groups is 2. The van der Waals surface area contributed by atoms with Gasteiger partial charge in [0, 0.05) is 36.9 Å². The number of primary amides is 1. The first kappa shape index (κ1) is 50.5. The Balaban J connectivity index is 1.82. The predicted molar refractivity (Wildman–Crippen MR) is 230 cm³/mol. The van der Waals surface area contributed by atoms with Gasteiger partial charge in [-0.05, 0) is 66.2 Å². The van der Waals surface area contributed by atoms with Crippen LogP contribution >= 0.6 is 23.5 Å². The molecule has 7 amide bonds. The standard InChI is InChI=1S/C38H50N8O13S3/c1-21(47)42-31(18-33(49)50)38(55)46-29(16-22-8-10-24(11-9-22)59-62(56,57)58)36(53)45-28(13-15-61-3)35(52)41-20-32(48)43-30(37(54)44-27(34(39)51)12-14-60-2)17-23-19-40-26-7-5-4-6-25(23)26/h4-11,19,27-31,40H,12-18,20H2,1-3H3,(H2,39,51)(H,41,52)(H,42,47)(H,43,48)(H,44,54)(H,45,53)(H,46,55)(H,49,50)(H,56,57,58). The Morgan fingerprint density at radius 3 is 1.89 bits per heavy atom. The van der Waals surface area contributed by atoms with Crippen LogP contribution in [0.25, 0.3) is 10.9 Å². The van der Waals surface area contributed by atoms with Crippen molar-refractivity contribution in [2.75, 3.05) is 30.6 Å². The average Bonchev–Trinajstić information content (AvgIpc) is 3.61. The molecule has 1 aromatic heterocycles. The van der Waals surface area contributed by atoms with Crippen molar-refractivity contribution in [1.29, 1.82) is 0 Å². The number of aromatic amines is 1. The lowest BCUT2D eigenvalue weighted by Gasteiger charge is -2.25. The van der Waals surface area contributed by atoms with Gasteiger partial charge < -0.3 is 51.9 Å². The number of hydrogen-bond donors (Lipinski definition) is 10. The lowest BCUT2D eigenvalue weighted by molar-refractivity contribution is -0.141. The lowest BCUT2D eigenvalue weighted by Crippen LogP contribution is -2.58. The van der Waals surface area contributed by atoms with Crippen molar-refractivity contribution in [3.8, 4) is 5.75 Å². The Bertz CT molecular complexity index is 2170. The molecular weight excluding hydrogens is 873 g/mol. The van der Waals surface area contributed by atoms with Crippen LogP contribution < -0.4 is 41.8 Å². The molecule has 11 N–H and O–H groups in total. The zero-order valence-electron chi connectivity index (χ0n) is 33.9. The minimum atomic E-state index is -4.85. The highest BCUT2D eigenvalue weighted by Gasteiger charge is 2.32. The number of para-hydroxylation sites is 1. The van der Waals surface area contributed by atoms with E-state index in [1.807, 2.05) is 24.5 Å². The van der Waals surface area contributed by atoms with Crippen LogP contribution in [0.4, 0.5) is 0 Å². The van der Waals surface area contributed by atoms with Crippen LogP contribution in [0.2, 0.25) is 0 Å². The number of fused-ring (bicyclic) bond motifs is 1. The molecule has 0 saturated carbocycles. The summed E-state index contributed by atoms with van der Waals surface area (Å²) in [5, 5.41) is 25.0. The van der Waals surface area contributed by atoms with Crippen LogP contribution in [0.15, 0.2) is 54.7 Å². The molecule has 5 atom stereocenters. The van der Waals surface area contributed by atoms with E-state index in [-0.39, 0.29) is 31.4 Å². The minimum Gasteiger partial charge on any atom is -0.481 e. The van der Waals surface area contributed by atoms with Gasteiger partial charge >= 0.3 is 16.4 Å². The van der Waals surface area contributed by atoms with Crippen molar-refractivity contribution in [3.63, 3.8) is 0 Å². The first-order valence-corrected chi connectivity index (χ1v) is 23.0. The van der Waals surface area contributed by atoms with E-state index in [0.717, 1.165) is 30.0 Å². The highest BCUT2D eigenvalue weighted by Crippen LogP contribution is 2.20. The molecule has 3 aromatic rings. The van der Waals surface area contributed by atoms with Gasteiger partial charge in [0.25, 0.3) is 0 Å². The maximum atomic E-state index is 13.9. The summed E-state index contributed by atoms with van der Waals surface area (Å²) < 4.78 is 35.7. The predicted octanol–water partition coefficient (Wildman–Crippen LogP) is -0.839. The van der Waals surface area contributed by atoms with Gasteiger partial charge in [-0.1, -0.05) is 30.3 Å². The highest BCUT2D eigenvalue weighted by molar-refractivity contribution is 7.98. The number of aliphatic carboxylic acids is 1. The minimum absolute atomic E-state index is 0.00536. The second kappa shape index (κ2) is 24.6. The Hall–Kier alpha value is -5.85. The highest BCUT2D eigenvalue weighted by atomic mass is 32.3. The number of amides is 7. The normalized spacial score (nSPS) is 13.6. The number of rotatable bonds is 26. The van der Waals surface area contributed by atoms with Crippen molar-refractivity contribution >= 4 is 92.1 Å². The largest absolute Gasteiger partial charge is 0.481 e. The maximum Gasteiger partial charge on any atom is 0.446 e. The molecule has 0 aliphatic carbocycles. The summed E-state index contributed by atoms with van der Waals surface area (Å²) in [6.45, 7) is 0.406. The zero-order chi connectivity index (χ0) is 46.0. The summed E-state index contributed by atoms with van der Waals surface area (Å²) in [6.07, 6.45) is 4.39. The van der Waals surface area contributed by atoms with Crippen LogP contribution in [0.1, 0.15) is 37.3 Å². The third-order valence-electron chi connectivity index (χ3n) is 8.96. The van der Waals surface area contributed by atoms with Crippen LogP contribution in [-0.2, 0) is 61.6 Å². The summed E-state index contributed by atoms with van der Waals surface area (Å²) in [6, 6.07) is 5.59. The van der Waals surface area contributed by atoms with Crippen LogP contribution in [0.5, 0.6) is 5.75 Å². The lowest BCUT2D eigenvalue weighted by atomic mass is 10.0. The van der Waals surface area contributed by atoms with E-state index in [4.69, 9.17) is 10.3 Å². The Labute approximate surface area is 365 Å². The van der Waals surface area contributed by atoms with Gasteiger partial charge in [-0.2, -0.15) is 31.9 Å². The smallest absolute Gasteiger partial charge is 0.446 e. The van der Waals surface area contributed by atoms with E-state index in [2.05, 4.69) is 41.1 Å². The number of carbonyl (C=O) groups excluding carboxylic acids is 7. The summed E-state index contributed by atoms with van der Waals surface area (Å²) in [5.74, 6) is -6.62. The van der Waals surface area contributed by atoms with Crippen LogP contribution in [0, 0.1) is 0 Å². The number of aromatic nitrogens is 1. The molecule has 0 bridgehead atoms. The number of nitrogens with two attached hydrogens (primary N) is 1. The monoisotopic (exact) mass is 922 g/mol. The maximum absolute atomic E-state index is 13.9. The van der Waals surface area contributed by atoms with E-state index < -0.39 is 101 Å². The molecular formula is C38H50N8O13S3. The van der Waals surface area contributed by atoms with Gasteiger partial charge in [0.2, 0.25) is 41.4 Å². The van der Waals surface area contributed by atoms with Gasteiger partial charge in [-0.15, -0.1) is 0 Å². The summed E-state index contributed by atoms with van der Waals surface area (Å²) >= 11 is 2.79. The fourth-order valence-corrected chi connectivity index (χ4v) is 7.28. The van der Waals surface area contributed by atoms with Gasteiger partial charge in [0.15, 0.2) is 0 Å². The van der Waals surface area contributed by atoms with Crippen molar-refractivity contribution in [3.05, 3.63) is 65.9 Å². The van der Waals surface area contributed by atoms with Crippen molar-refractivity contribution < 1.29 is 60.6 Å². The van der Waals surface area contributed by atoms with Crippen LogP contribution in [0.3, 0.4) is 0 Å². The fourth-order valence-electron chi connectivity index (χ4n) is 5.99. The number of carbonyl (C=O) groups is 8. The molecule has 0 aliphatic rings. The average molecular weight is 923 g/mol. The number of carboxylic acid groups (broad SMARTS) is 1. The molecule has 338 valence electrons. The molecule has 0 radical (unpaired) electrons. The molecule has 24 heteroatoms. The van der Waals surface area contributed by atoms with E-state index >= 15 is 0 Å². The third-order valence-corrected chi connectivity index (χ3v) is 10.6. The Morgan fingerprint density at radius 1 is 0.742 bits per heavy atom.